The van der Waals surface area contributed by atoms with Crippen molar-refractivity contribution < 1.29 is 13.9 Å². The van der Waals surface area contributed by atoms with Gasteiger partial charge in [-0.25, -0.2) is 4.21 Å². The summed E-state index contributed by atoms with van der Waals surface area (Å²) in [5, 5.41) is 10.7. The van der Waals surface area contributed by atoms with Gasteiger partial charge < -0.3 is 4.74 Å². The lowest BCUT2D eigenvalue weighted by Gasteiger charge is -2.38. The molecule has 5 atom stereocenters. The Morgan fingerprint density at radius 3 is 2.46 bits per heavy atom. The van der Waals surface area contributed by atoms with Gasteiger partial charge in [0.25, 0.3) is 5.69 Å². The molecule has 1 aromatic rings. The van der Waals surface area contributed by atoms with E-state index < -0.39 is 15.9 Å². The zero-order chi connectivity index (χ0) is 19.3. The zero-order valence-corrected chi connectivity index (χ0v) is 16.7. The second kappa shape index (κ2) is 6.53. The Morgan fingerprint density at radius 2 is 1.92 bits per heavy atom. The van der Waals surface area contributed by atoms with Crippen LogP contribution in [0.2, 0.25) is 0 Å². The number of hydrogen-bond acceptors (Lipinski definition) is 4. The maximum absolute atomic E-state index is 13.1. The van der Waals surface area contributed by atoms with Crippen LogP contribution in [0.3, 0.4) is 0 Å². The van der Waals surface area contributed by atoms with Crippen LogP contribution < -0.4 is 0 Å². The summed E-state index contributed by atoms with van der Waals surface area (Å²) in [7, 11) is 0.285. The van der Waals surface area contributed by atoms with E-state index in [1.165, 1.54) is 12.1 Å². The molecule has 2 aliphatic rings. The molecule has 6 nitrogen and oxygen atoms in total. The van der Waals surface area contributed by atoms with Gasteiger partial charge in [-0.1, -0.05) is 20.8 Å². The molecule has 142 valence electrons. The van der Waals surface area contributed by atoms with Crippen LogP contribution in [0.15, 0.2) is 28.7 Å². The second-order valence-electron chi connectivity index (χ2n) is 8.16. The number of nitro groups is 1. The Balaban J connectivity index is 1.87. The SMILES string of the molecule is CO[C@@H]1[C@H](S(=O)/N=C(\C)c2ccc([N+](=O)[O-])cc2)[C@H]2CC[C@]1(C)C2(C)C. The minimum Gasteiger partial charge on any atom is -0.380 e. The lowest BCUT2D eigenvalue weighted by molar-refractivity contribution is -0.384. The molecule has 0 N–H and O–H groups in total. The Morgan fingerprint density at radius 1 is 1.31 bits per heavy atom. The van der Waals surface area contributed by atoms with Crippen LogP contribution in [0.1, 0.15) is 46.1 Å². The minimum atomic E-state index is -1.41. The van der Waals surface area contributed by atoms with Gasteiger partial charge >= 0.3 is 0 Å². The Labute approximate surface area is 156 Å². The van der Waals surface area contributed by atoms with Gasteiger partial charge in [0.15, 0.2) is 0 Å². The van der Waals surface area contributed by atoms with E-state index >= 15 is 0 Å². The quantitative estimate of drug-likeness (QED) is 0.442. The van der Waals surface area contributed by atoms with Crippen molar-refractivity contribution in [2.75, 3.05) is 7.11 Å². The predicted octanol–water partition coefficient (Wildman–Crippen LogP) is 3.91. The number of rotatable bonds is 5. The first-order valence-electron chi connectivity index (χ1n) is 8.87. The first kappa shape index (κ1) is 19.2. The van der Waals surface area contributed by atoms with E-state index in [4.69, 9.17) is 4.74 Å². The highest BCUT2D eigenvalue weighted by Crippen LogP contribution is 2.67. The van der Waals surface area contributed by atoms with Gasteiger partial charge in [-0.2, -0.15) is 4.40 Å². The molecule has 1 unspecified atom stereocenters. The number of non-ortho nitro benzene ring substituents is 1. The largest absolute Gasteiger partial charge is 0.380 e. The Hall–Kier alpha value is -1.60. The maximum atomic E-state index is 13.1. The summed E-state index contributed by atoms with van der Waals surface area (Å²) in [5.41, 5.74) is 1.46. The molecule has 3 rings (SSSR count). The van der Waals surface area contributed by atoms with Crippen molar-refractivity contribution in [3.63, 3.8) is 0 Å². The lowest BCUT2D eigenvalue weighted by Crippen LogP contribution is -2.42. The van der Waals surface area contributed by atoms with E-state index in [1.54, 1.807) is 26.2 Å². The van der Waals surface area contributed by atoms with Gasteiger partial charge in [0.05, 0.1) is 22.0 Å². The van der Waals surface area contributed by atoms with Crippen LogP contribution in [0.25, 0.3) is 0 Å². The first-order chi connectivity index (χ1) is 12.1. The molecule has 0 aliphatic heterocycles. The summed E-state index contributed by atoms with van der Waals surface area (Å²) in [6, 6.07) is 6.18. The molecule has 2 bridgehead atoms. The summed E-state index contributed by atoms with van der Waals surface area (Å²) >= 11 is 0. The van der Waals surface area contributed by atoms with E-state index in [2.05, 4.69) is 25.2 Å². The molecule has 0 amide bonds. The topological polar surface area (TPSA) is 81.8 Å². The summed E-state index contributed by atoms with van der Waals surface area (Å²) in [6.07, 6.45) is 2.05. The number of benzene rings is 1. The first-order valence-corrected chi connectivity index (χ1v) is 10.0. The van der Waals surface area contributed by atoms with Gasteiger partial charge in [0.2, 0.25) is 0 Å². The molecular weight excluding hydrogens is 352 g/mol. The highest BCUT2D eigenvalue weighted by atomic mass is 32.2. The van der Waals surface area contributed by atoms with Crippen LogP contribution in [-0.4, -0.2) is 33.3 Å². The van der Waals surface area contributed by atoms with Gasteiger partial charge in [0.1, 0.15) is 11.0 Å². The maximum Gasteiger partial charge on any atom is 0.269 e. The number of nitrogens with zero attached hydrogens (tertiary/aromatic N) is 2. The fourth-order valence-corrected chi connectivity index (χ4v) is 6.81. The van der Waals surface area contributed by atoms with Gasteiger partial charge in [-0.15, -0.1) is 0 Å². The zero-order valence-electron chi connectivity index (χ0n) is 15.9. The smallest absolute Gasteiger partial charge is 0.269 e. The predicted molar refractivity (Wildman–Crippen MR) is 103 cm³/mol. The number of hydrogen-bond donors (Lipinski definition) is 0. The molecule has 7 heteroatoms. The molecule has 0 saturated heterocycles. The number of nitro benzene ring substituents is 1. The summed E-state index contributed by atoms with van der Waals surface area (Å²) in [6.45, 7) is 8.54. The highest BCUT2D eigenvalue weighted by molar-refractivity contribution is 7.84. The molecular formula is C19H26N2O4S. The fourth-order valence-electron chi connectivity index (χ4n) is 4.93. The van der Waals surface area contributed by atoms with Crippen molar-refractivity contribution in [1.82, 2.24) is 0 Å². The standard InChI is InChI=1S/C19H26N2O4S/c1-12(13-6-8-14(9-7-13)21(22)23)20-26(24)16-15-10-11-19(4,17(16)25-5)18(15,2)3/h6-9,15-17H,10-11H2,1-5H3/b20-12+/t15-,16-,17-,19+,26?/m1/s1. The molecule has 2 saturated carbocycles. The number of methoxy groups -OCH3 is 1. The van der Waals surface area contributed by atoms with E-state index in [0.29, 0.717) is 11.6 Å². The Bertz CT molecular complexity index is 774. The normalized spacial score (nSPS) is 34.0. The third kappa shape index (κ3) is 2.72. The lowest BCUT2D eigenvalue weighted by atomic mass is 9.70. The van der Waals surface area contributed by atoms with Crippen LogP contribution in [0.5, 0.6) is 0 Å². The molecule has 26 heavy (non-hydrogen) atoms. The highest BCUT2D eigenvalue weighted by Gasteiger charge is 2.68. The van der Waals surface area contributed by atoms with Gasteiger partial charge in [0, 0.05) is 24.7 Å². The molecule has 2 aliphatic carbocycles. The fraction of sp³-hybridized carbons (Fsp3) is 0.632. The van der Waals surface area contributed by atoms with E-state index in [-0.39, 0.29) is 27.9 Å². The van der Waals surface area contributed by atoms with Crippen molar-refractivity contribution in [1.29, 1.82) is 0 Å². The van der Waals surface area contributed by atoms with Crippen molar-refractivity contribution in [3.05, 3.63) is 39.9 Å². The minimum absolute atomic E-state index is 0.00350. The van der Waals surface area contributed by atoms with Crippen molar-refractivity contribution in [3.8, 4) is 0 Å². The van der Waals surface area contributed by atoms with Crippen molar-refractivity contribution in [2.24, 2.45) is 21.1 Å². The summed E-state index contributed by atoms with van der Waals surface area (Å²) in [4.78, 5) is 10.3. The van der Waals surface area contributed by atoms with E-state index in [0.717, 1.165) is 18.4 Å². The average molecular weight is 378 g/mol. The average Bonchev–Trinajstić information content (AvgIpc) is 2.92. The molecule has 2 fully saturated rings. The van der Waals surface area contributed by atoms with Crippen molar-refractivity contribution >= 4 is 22.4 Å². The van der Waals surface area contributed by atoms with Crippen molar-refractivity contribution in [2.45, 2.75) is 51.9 Å². The number of ether oxygens (including phenoxy) is 1. The van der Waals surface area contributed by atoms with E-state index in [1.807, 2.05) is 0 Å². The van der Waals surface area contributed by atoms with E-state index in [9.17, 15) is 14.3 Å². The third-order valence-electron chi connectivity index (χ3n) is 6.91. The molecule has 1 aromatic carbocycles. The van der Waals surface area contributed by atoms with Gasteiger partial charge in [-0.05, 0) is 48.8 Å². The summed E-state index contributed by atoms with van der Waals surface area (Å²) < 4.78 is 23.4. The molecule has 0 radical (unpaired) electrons. The van der Waals surface area contributed by atoms with Crippen LogP contribution >= 0.6 is 0 Å². The monoisotopic (exact) mass is 378 g/mol. The molecule has 0 heterocycles. The second-order valence-corrected chi connectivity index (χ2v) is 9.44. The molecule has 0 spiro atoms. The van der Waals surface area contributed by atoms with Crippen LogP contribution in [0.4, 0.5) is 5.69 Å². The van der Waals surface area contributed by atoms with Crippen LogP contribution in [0, 0.1) is 26.9 Å². The molecule has 0 aromatic heterocycles. The van der Waals surface area contributed by atoms with Gasteiger partial charge in [-0.3, -0.25) is 10.1 Å². The Kier molecular flexibility index (Phi) is 4.82. The number of fused-ring (bicyclic) bond motifs is 2. The third-order valence-corrected chi connectivity index (χ3v) is 8.40. The summed E-state index contributed by atoms with van der Waals surface area (Å²) in [5.74, 6) is 0.312. The van der Waals surface area contributed by atoms with Crippen LogP contribution in [-0.2, 0) is 15.7 Å².